The van der Waals surface area contributed by atoms with Crippen LogP contribution in [0.5, 0.6) is 5.75 Å². The van der Waals surface area contributed by atoms with Crippen LogP contribution in [0, 0.1) is 0 Å². The van der Waals surface area contributed by atoms with E-state index in [0.29, 0.717) is 12.1 Å². The molecule has 13 N–H and O–H groups in total. The van der Waals surface area contributed by atoms with Gasteiger partial charge in [-0.3, -0.25) is 18.2 Å². The number of aliphatic hydroxyl groups excluding tert-OH is 3. The fourth-order valence-electron chi connectivity index (χ4n) is 6.49. The van der Waals surface area contributed by atoms with Gasteiger partial charge >= 0.3 is 0 Å². The van der Waals surface area contributed by atoms with Crippen molar-refractivity contribution in [2.75, 3.05) is 46.2 Å². The largest absolute Gasteiger partial charge is 0.505 e. The molecule has 0 radical (unpaired) electrons. The molecule has 396 valence electrons. The molecule has 2 aromatic heterocycles. The number of nitrogens with zero attached hydrogens (tertiary/aromatic N) is 11. The molecule has 3 unspecified atom stereocenters. The monoisotopic (exact) mass is 1150 g/mol. The quantitative estimate of drug-likeness (QED) is 0.0285. The highest BCUT2D eigenvalue weighted by Crippen LogP contribution is 2.49. The summed E-state index contributed by atoms with van der Waals surface area (Å²) in [6.07, 6.45) is -2.68. The van der Waals surface area contributed by atoms with Gasteiger partial charge in [-0.15, -0.1) is 20.5 Å². The molecule has 0 saturated heterocycles. The number of aromatic hydroxyl groups is 1. The number of hydrogen-bond acceptors (Lipinski definition) is 27. The van der Waals surface area contributed by atoms with Gasteiger partial charge < -0.3 is 47.0 Å². The molecule has 0 fully saturated rings. The molecule has 3 atom stereocenters. The van der Waals surface area contributed by atoms with Crippen molar-refractivity contribution in [2.24, 2.45) is 20.5 Å². The molecular weight excluding hydrogens is 1110 g/mol. The Balaban J connectivity index is 1.48. The van der Waals surface area contributed by atoms with E-state index in [2.05, 4.69) is 66.3 Å². The molecule has 0 bridgehead atoms. The van der Waals surface area contributed by atoms with E-state index in [-0.39, 0.29) is 65.4 Å². The molecular formula is C37H39Cl2N15O16S4. The van der Waals surface area contributed by atoms with Crippen LogP contribution < -0.4 is 26.6 Å². The molecule has 37 heteroatoms. The highest BCUT2D eigenvalue weighted by molar-refractivity contribution is 7.86. The molecule has 0 aliphatic rings. The van der Waals surface area contributed by atoms with E-state index in [1.54, 1.807) is 0 Å². The van der Waals surface area contributed by atoms with Gasteiger partial charge in [0.25, 0.3) is 40.5 Å². The van der Waals surface area contributed by atoms with E-state index in [4.69, 9.17) is 28.9 Å². The number of nitrogens with two attached hydrogens (primary N) is 1. The fourth-order valence-corrected chi connectivity index (χ4v) is 9.34. The number of azo groups is 2. The normalized spacial score (nSPS) is 13.8. The molecule has 6 rings (SSSR count). The van der Waals surface area contributed by atoms with Crippen LogP contribution in [0.2, 0.25) is 10.6 Å². The minimum absolute atomic E-state index is 0.00693. The first-order valence-electron chi connectivity index (χ1n) is 20.3. The van der Waals surface area contributed by atoms with Crippen molar-refractivity contribution >= 4 is 138 Å². The van der Waals surface area contributed by atoms with Gasteiger partial charge in [0.05, 0.1) is 29.4 Å². The Bertz CT molecular complexity index is 3700. The Morgan fingerprint density at radius 2 is 1.01 bits per heavy atom. The third-order valence-electron chi connectivity index (χ3n) is 9.38. The summed E-state index contributed by atoms with van der Waals surface area (Å²) in [5.74, 6) is -2.08. The number of aliphatic hydroxyl groups is 3. The minimum atomic E-state index is -5.51. The average molecular weight is 1150 g/mol. The zero-order valence-corrected chi connectivity index (χ0v) is 42.5. The molecule has 6 aromatic rings. The Kier molecular flexibility index (Phi) is 16.8. The van der Waals surface area contributed by atoms with E-state index < -0.39 is 123 Å². The second kappa shape index (κ2) is 22.0. The summed E-state index contributed by atoms with van der Waals surface area (Å²) < 4.78 is 142. The van der Waals surface area contributed by atoms with Crippen LogP contribution >= 0.6 is 23.2 Å². The summed E-state index contributed by atoms with van der Waals surface area (Å²) in [5.41, 5.74) is 1.40. The Hall–Kier alpha value is -6.74. The Labute approximate surface area is 428 Å². The third-order valence-corrected chi connectivity index (χ3v) is 13.3. The van der Waals surface area contributed by atoms with Crippen LogP contribution in [0.1, 0.15) is 20.8 Å². The van der Waals surface area contributed by atoms with Gasteiger partial charge in [-0.05, 0) is 97.9 Å². The van der Waals surface area contributed by atoms with E-state index >= 15 is 0 Å². The third kappa shape index (κ3) is 14.1. The van der Waals surface area contributed by atoms with Crippen molar-refractivity contribution in [3.05, 3.63) is 59.1 Å². The lowest BCUT2D eigenvalue weighted by molar-refractivity contribution is 0.177. The maximum atomic E-state index is 12.8. The number of anilines is 7. The maximum absolute atomic E-state index is 12.8. The highest BCUT2D eigenvalue weighted by Gasteiger charge is 2.29. The molecule has 2 heterocycles. The first kappa shape index (κ1) is 56.6. The minimum Gasteiger partial charge on any atom is -0.505 e. The number of benzene rings is 4. The molecule has 0 aliphatic carbocycles. The molecule has 0 aliphatic heterocycles. The van der Waals surface area contributed by atoms with Crippen LogP contribution in [0.15, 0.2) is 88.6 Å². The smallest absolute Gasteiger partial charge is 0.296 e. The second-order valence-electron chi connectivity index (χ2n) is 15.5. The van der Waals surface area contributed by atoms with Gasteiger partial charge in [-0.25, -0.2) is 0 Å². The van der Waals surface area contributed by atoms with Crippen LogP contribution in [-0.2, 0) is 40.5 Å². The van der Waals surface area contributed by atoms with E-state index in [9.17, 15) is 72.3 Å². The number of phenols is 1. The Morgan fingerprint density at radius 1 is 0.581 bits per heavy atom. The van der Waals surface area contributed by atoms with Crippen molar-refractivity contribution in [1.29, 1.82) is 0 Å². The number of hydrogen-bond donors (Lipinski definition) is 12. The van der Waals surface area contributed by atoms with Gasteiger partial charge in [-0.1, -0.05) is 0 Å². The van der Waals surface area contributed by atoms with Gasteiger partial charge in [0.2, 0.25) is 34.4 Å². The number of rotatable bonds is 20. The lowest BCUT2D eigenvalue weighted by atomic mass is 10.1. The van der Waals surface area contributed by atoms with Crippen molar-refractivity contribution in [1.82, 2.24) is 29.9 Å². The highest BCUT2D eigenvalue weighted by atomic mass is 35.5. The predicted octanol–water partition coefficient (Wildman–Crippen LogP) is 4.47. The number of aromatic nitrogens is 6. The van der Waals surface area contributed by atoms with Crippen molar-refractivity contribution in [3.8, 4) is 5.75 Å². The first-order valence-corrected chi connectivity index (χ1v) is 26.8. The molecule has 0 amide bonds. The van der Waals surface area contributed by atoms with Crippen LogP contribution in [0.25, 0.3) is 10.8 Å². The SMILES string of the molecule is CC(O)CNc1nc(Cl)nc(Nc2ccc(S(=O)(=O)O)c(/N=N/c3c(S(=O)(=O)O)cc4cc(S(=O)(=O)O)c(/N=N/c5cc(Nc6nc(Cl)nc(N(CC(C)O)CC(C)O)n6)ccc5S(=O)(=O)O)c(N)c4c3O)c2)n1. The number of nitrogens with one attached hydrogen (secondary N) is 3. The topological polar surface area (TPSA) is 491 Å². The van der Waals surface area contributed by atoms with Crippen molar-refractivity contribution in [3.63, 3.8) is 0 Å². The number of fused-ring (bicyclic) bond motifs is 1. The molecule has 4 aromatic carbocycles. The van der Waals surface area contributed by atoms with Gasteiger partial charge in [-0.2, -0.15) is 63.6 Å². The zero-order valence-electron chi connectivity index (χ0n) is 37.7. The van der Waals surface area contributed by atoms with E-state index in [1.165, 1.54) is 25.7 Å². The second-order valence-corrected chi connectivity index (χ2v) is 21.8. The van der Waals surface area contributed by atoms with Crippen LogP contribution in [-0.4, -0.2) is 140 Å². The lowest BCUT2D eigenvalue weighted by Gasteiger charge is -2.25. The van der Waals surface area contributed by atoms with Crippen molar-refractivity contribution < 1.29 is 72.3 Å². The van der Waals surface area contributed by atoms with E-state index in [1.807, 2.05) is 0 Å². The molecule has 0 saturated carbocycles. The van der Waals surface area contributed by atoms with E-state index in [0.717, 1.165) is 36.4 Å². The molecule has 74 heavy (non-hydrogen) atoms. The lowest BCUT2D eigenvalue weighted by Crippen LogP contribution is -2.37. The summed E-state index contributed by atoms with van der Waals surface area (Å²) in [6.45, 7) is 4.26. The summed E-state index contributed by atoms with van der Waals surface area (Å²) >= 11 is 12.1. The molecule has 31 nitrogen and oxygen atoms in total. The zero-order chi connectivity index (χ0) is 54.8. The van der Waals surface area contributed by atoms with Gasteiger partial charge in [0.1, 0.15) is 42.3 Å². The van der Waals surface area contributed by atoms with Crippen molar-refractivity contribution in [2.45, 2.75) is 58.7 Å². The van der Waals surface area contributed by atoms with Gasteiger partial charge in [0, 0.05) is 31.0 Å². The van der Waals surface area contributed by atoms with Crippen LogP contribution in [0.4, 0.5) is 63.6 Å². The predicted molar refractivity (Wildman–Crippen MR) is 263 cm³/mol. The Morgan fingerprint density at radius 3 is 1.47 bits per heavy atom. The van der Waals surface area contributed by atoms with Gasteiger partial charge in [0.15, 0.2) is 5.75 Å². The van der Waals surface area contributed by atoms with Crippen LogP contribution in [0.3, 0.4) is 0 Å². The summed E-state index contributed by atoms with van der Waals surface area (Å²) in [4.78, 5) is 20.9. The number of halogens is 2. The average Bonchev–Trinajstić information content (AvgIpc) is 3.25. The molecule has 0 spiro atoms. The summed E-state index contributed by atoms with van der Waals surface area (Å²) in [7, 11) is -21.3. The maximum Gasteiger partial charge on any atom is 0.296 e. The fraction of sp³-hybridized carbons (Fsp3) is 0.243. The standard InChI is InChI=1S/C37H39Cl2N15O16S4/c1-15(55)12-41-34-44-32(38)45-35(48-34)42-19-4-6-24(72(62,63)64)22(10-19)51-53-30-26(74(68,69)70)9-18-8-25(73(65,66)67)29(28(40)27(18)31(30)58)52-50-21-11-20(5-7-23(21)71(59,60)61)43-36-46-33(39)47-37(49-36)54(13-16(2)56)14-17(3)57/h4-11,15-17,55-58H,12-14,40H2,1-3H3,(H,59,60,61)(H,62,63,64)(H,65,66,67)(H,68,69,70)(H,43,46,47,49)(H2,41,42,44,45,48)/b52-50+,53-51+. The summed E-state index contributed by atoms with van der Waals surface area (Å²) in [6, 6.07) is 6.66. The summed E-state index contributed by atoms with van der Waals surface area (Å²) in [5, 5.41) is 62.1. The number of nitrogen functional groups attached to an aromatic ring is 1. The first-order chi connectivity index (χ1) is 34.3. The number of phenolic OH excluding ortho intramolecular Hbond substituents is 1.